The molecule has 4 N–H and O–H groups in total. The molecule has 1 unspecified atom stereocenters. The summed E-state index contributed by atoms with van der Waals surface area (Å²) in [5.74, 6) is -0.0284. The molecule has 0 radical (unpaired) electrons. The highest BCUT2D eigenvalue weighted by Crippen LogP contribution is 2.08. The molecule has 0 aromatic carbocycles. The van der Waals surface area contributed by atoms with Gasteiger partial charge in [-0.05, 0) is 27.2 Å². The monoisotopic (exact) mass is 265 g/mol. The average molecular weight is 266 g/mol. The molecule has 1 atom stereocenters. The van der Waals surface area contributed by atoms with Crippen molar-refractivity contribution in [1.82, 2.24) is 5.32 Å². The van der Waals surface area contributed by atoms with Gasteiger partial charge < -0.3 is 15.8 Å². The minimum absolute atomic E-state index is 0. The number of nitrogens with one attached hydrogen (secondary N) is 2. The quantitative estimate of drug-likeness (QED) is 0.527. The second-order valence-electron chi connectivity index (χ2n) is 4.80. The Morgan fingerprint density at radius 3 is 2.35 bits per heavy atom. The van der Waals surface area contributed by atoms with E-state index < -0.39 is 17.7 Å². The lowest BCUT2D eigenvalue weighted by molar-refractivity contribution is 0.0515. The van der Waals surface area contributed by atoms with Crippen molar-refractivity contribution < 1.29 is 9.53 Å². The van der Waals surface area contributed by atoms with Crippen LogP contribution in [0.3, 0.4) is 0 Å². The van der Waals surface area contributed by atoms with Gasteiger partial charge in [0.15, 0.2) is 0 Å². The third-order valence-electron chi connectivity index (χ3n) is 1.91. The number of ether oxygens (including phenoxy) is 1. The van der Waals surface area contributed by atoms with Crippen molar-refractivity contribution in [3.8, 4) is 0 Å². The van der Waals surface area contributed by atoms with Crippen molar-refractivity contribution in [3.63, 3.8) is 0 Å². The largest absolute Gasteiger partial charge is 0.444 e. The number of hydrogen-bond acceptors (Lipinski definition) is 3. The fraction of sp³-hybridized carbons (Fsp3) is 0.818. The highest BCUT2D eigenvalue weighted by atomic mass is 35.5. The minimum atomic E-state index is -0.532. The summed E-state index contributed by atoms with van der Waals surface area (Å²) in [6.07, 6.45) is 2.06. The molecule has 0 fully saturated rings. The summed E-state index contributed by atoms with van der Waals surface area (Å²) in [7, 11) is 0. The van der Waals surface area contributed by atoms with Gasteiger partial charge in [0.2, 0.25) is 0 Å². The maximum Gasteiger partial charge on any atom is 0.408 e. The summed E-state index contributed by atoms with van der Waals surface area (Å²) in [6.45, 7) is 7.43. The van der Waals surface area contributed by atoms with E-state index in [4.69, 9.17) is 15.9 Å². The van der Waals surface area contributed by atoms with Gasteiger partial charge in [0.1, 0.15) is 11.4 Å². The lowest BCUT2D eigenvalue weighted by atomic mass is 10.1. The smallest absolute Gasteiger partial charge is 0.408 e. The number of amides is 1. The molecule has 0 saturated heterocycles. The van der Waals surface area contributed by atoms with E-state index in [0.29, 0.717) is 6.42 Å². The van der Waals surface area contributed by atoms with Crippen LogP contribution in [0, 0.1) is 5.41 Å². The summed E-state index contributed by atoms with van der Waals surface area (Å²) in [4.78, 5) is 11.5. The third kappa shape index (κ3) is 9.93. The van der Waals surface area contributed by atoms with Crippen LogP contribution in [-0.2, 0) is 4.74 Å². The van der Waals surface area contributed by atoms with E-state index in [0.717, 1.165) is 12.8 Å². The fourth-order valence-corrected chi connectivity index (χ4v) is 1.16. The van der Waals surface area contributed by atoms with Crippen LogP contribution in [-0.4, -0.2) is 23.6 Å². The third-order valence-corrected chi connectivity index (χ3v) is 1.91. The molecule has 17 heavy (non-hydrogen) atoms. The Balaban J connectivity index is 0. The van der Waals surface area contributed by atoms with Crippen molar-refractivity contribution in [2.75, 3.05) is 0 Å². The van der Waals surface area contributed by atoms with Crippen molar-refractivity contribution in [2.45, 2.75) is 58.6 Å². The van der Waals surface area contributed by atoms with E-state index in [9.17, 15) is 4.79 Å². The number of alkyl carbamates (subject to hydrolysis) is 1. The van der Waals surface area contributed by atoms with Crippen LogP contribution in [0.4, 0.5) is 4.79 Å². The van der Waals surface area contributed by atoms with Gasteiger partial charge in [-0.1, -0.05) is 19.8 Å². The Morgan fingerprint density at radius 2 is 2.00 bits per heavy atom. The molecule has 5 nitrogen and oxygen atoms in total. The van der Waals surface area contributed by atoms with Crippen LogP contribution >= 0.6 is 12.4 Å². The highest BCUT2D eigenvalue weighted by Gasteiger charge is 2.20. The van der Waals surface area contributed by atoms with E-state index in [-0.39, 0.29) is 18.2 Å². The predicted molar refractivity (Wildman–Crippen MR) is 71.8 cm³/mol. The van der Waals surface area contributed by atoms with Gasteiger partial charge in [0.25, 0.3) is 0 Å². The molecule has 0 heterocycles. The number of amidine groups is 1. The van der Waals surface area contributed by atoms with Gasteiger partial charge in [-0.25, -0.2) is 4.79 Å². The van der Waals surface area contributed by atoms with Crippen LogP contribution in [0.1, 0.15) is 47.0 Å². The molecule has 1 amide bonds. The van der Waals surface area contributed by atoms with E-state index in [1.807, 2.05) is 6.92 Å². The van der Waals surface area contributed by atoms with E-state index in [1.165, 1.54) is 0 Å². The van der Waals surface area contributed by atoms with Crippen molar-refractivity contribution in [2.24, 2.45) is 5.73 Å². The number of carbonyl (C=O) groups is 1. The number of hydrogen-bond donors (Lipinski definition) is 3. The zero-order valence-electron chi connectivity index (χ0n) is 11.0. The number of unbranched alkanes of at least 4 members (excludes halogenated alkanes) is 1. The molecule has 0 bridgehead atoms. The normalized spacial score (nSPS) is 12.2. The molecule has 0 aliphatic rings. The molecule has 0 aromatic heterocycles. The van der Waals surface area contributed by atoms with Crippen LogP contribution in [0.15, 0.2) is 0 Å². The molecule has 0 saturated carbocycles. The first-order valence-electron chi connectivity index (χ1n) is 5.59. The summed E-state index contributed by atoms with van der Waals surface area (Å²) >= 11 is 0. The molecule has 0 spiro atoms. The van der Waals surface area contributed by atoms with Crippen molar-refractivity contribution in [1.29, 1.82) is 5.41 Å². The number of nitrogens with two attached hydrogens (primary N) is 1. The number of carbonyl (C=O) groups excluding carboxylic acids is 1. The summed E-state index contributed by atoms with van der Waals surface area (Å²) < 4.78 is 5.10. The molecule has 0 rings (SSSR count). The second kappa shape index (κ2) is 8.17. The molecule has 102 valence electrons. The number of halogens is 1. The van der Waals surface area contributed by atoms with Crippen LogP contribution < -0.4 is 11.1 Å². The summed E-state index contributed by atoms with van der Waals surface area (Å²) in [6, 6.07) is -0.421. The maximum atomic E-state index is 11.5. The topological polar surface area (TPSA) is 88.2 Å². The van der Waals surface area contributed by atoms with E-state index in [1.54, 1.807) is 20.8 Å². The van der Waals surface area contributed by atoms with Crippen molar-refractivity contribution >= 4 is 24.3 Å². The SMILES string of the molecule is CCCCC(NC(=O)OC(C)(C)C)C(=N)N.Cl. The van der Waals surface area contributed by atoms with Gasteiger partial charge in [-0.15, -0.1) is 12.4 Å². The number of rotatable bonds is 5. The first kappa shape index (κ1) is 18.4. The predicted octanol–water partition coefficient (Wildman–Crippen LogP) is 2.43. The van der Waals surface area contributed by atoms with Crippen LogP contribution in [0.2, 0.25) is 0 Å². The Morgan fingerprint density at radius 1 is 1.47 bits per heavy atom. The molecular weight excluding hydrogens is 242 g/mol. The first-order chi connectivity index (χ1) is 7.26. The van der Waals surface area contributed by atoms with Gasteiger partial charge >= 0.3 is 6.09 Å². The Bertz CT molecular complexity index is 252. The zero-order valence-corrected chi connectivity index (χ0v) is 11.8. The van der Waals surface area contributed by atoms with Gasteiger partial charge in [-0.3, -0.25) is 5.41 Å². The fourth-order valence-electron chi connectivity index (χ4n) is 1.16. The molecule has 6 heteroatoms. The Hall–Kier alpha value is -0.970. The van der Waals surface area contributed by atoms with Crippen LogP contribution in [0.25, 0.3) is 0 Å². The molecule has 0 aromatic rings. The van der Waals surface area contributed by atoms with Crippen molar-refractivity contribution in [3.05, 3.63) is 0 Å². The Labute approximate surface area is 109 Å². The van der Waals surface area contributed by atoms with E-state index in [2.05, 4.69) is 5.32 Å². The van der Waals surface area contributed by atoms with Gasteiger partial charge in [-0.2, -0.15) is 0 Å². The zero-order chi connectivity index (χ0) is 12.8. The second-order valence-corrected chi connectivity index (χ2v) is 4.80. The summed E-state index contributed by atoms with van der Waals surface area (Å²) in [5, 5.41) is 9.96. The standard InChI is InChI=1S/C11H23N3O2.ClH/c1-5-6-7-8(9(12)13)14-10(15)16-11(2,3)4;/h8H,5-7H2,1-4H3,(H3,12,13)(H,14,15);1H. The van der Waals surface area contributed by atoms with Gasteiger partial charge in [0.05, 0.1) is 6.04 Å². The minimum Gasteiger partial charge on any atom is -0.444 e. The average Bonchev–Trinajstić information content (AvgIpc) is 2.08. The lowest BCUT2D eigenvalue weighted by Gasteiger charge is -2.23. The highest BCUT2D eigenvalue weighted by molar-refractivity contribution is 5.86. The lowest BCUT2D eigenvalue weighted by Crippen LogP contribution is -2.46. The molecule has 0 aliphatic heterocycles. The van der Waals surface area contributed by atoms with Gasteiger partial charge in [0, 0.05) is 0 Å². The Kier molecular flexibility index (Phi) is 8.84. The molecular formula is C11H24ClN3O2. The maximum absolute atomic E-state index is 11.5. The first-order valence-corrected chi connectivity index (χ1v) is 5.59. The van der Waals surface area contributed by atoms with Crippen LogP contribution in [0.5, 0.6) is 0 Å². The van der Waals surface area contributed by atoms with E-state index >= 15 is 0 Å². The molecule has 0 aliphatic carbocycles. The summed E-state index contributed by atoms with van der Waals surface area (Å²) in [5.41, 5.74) is 4.87.